The number of aromatic amines is 1. The third-order valence-electron chi connectivity index (χ3n) is 0.615. The number of hydrogen-bond acceptors (Lipinski definition) is 2. The second kappa shape index (κ2) is 3.21. The molecule has 1 heterocycles. The molecule has 1 N–H and O–H groups in total. The highest BCUT2D eigenvalue weighted by Gasteiger charge is 1.58. The van der Waals surface area contributed by atoms with Gasteiger partial charge >= 0.3 is 0 Å². The molecule has 0 spiro atoms. The van der Waals surface area contributed by atoms with Crippen molar-refractivity contribution in [3.8, 4) is 0 Å². The van der Waals surface area contributed by atoms with Crippen molar-refractivity contribution >= 4 is 11.5 Å². The highest BCUT2D eigenvalue weighted by molar-refractivity contribution is 7.03. The molecule has 0 bridgehead atoms. The van der Waals surface area contributed by atoms with E-state index in [0.717, 1.165) is 0 Å². The Hall–Kier alpha value is -0.830. The number of rotatable bonds is 0. The van der Waals surface area contributed by atoms with E-state index in [1.54, 1.807) is 18.6 Å². The maximum absolute atomic E-state index is 3.86. The van der Waals surface area contributed by atoms with E-state index in [1.807, 2.05) is 11.4 Å². The molecule has 0 aromatic carbocycles. The van der Waals surface area contributed by atoms with E-state index in [1.165, 1.54) is 11.5 Å². The first-order chi connectivity index (χ1) is 4.00. The van der Waals surface area contributed by atoms with Crippen molar-refractivity contribution in [1.82, 2.24) is 9.36 Å². The molecule has 0 aliphatic carbocycles. The lowest BCUT2D eigenvalue weighted by Gasteiger charge is -1.71. The molecule has 0 atom stereocenters. The lowest BCUT2D eigenvalue weighted by molar-refractivity contribution is 1.32. The van der Waals surface area contributed by atoms with Gasteiger partial charge in [0.05, 0.1) is 0 Å². The zero-order valence-corrected chi connectivity index (χ0v) is 5.06. The molecule has 0 saturated carbocycles. The second-order valence-electron chi connectivity index (χ2n) is 1.18. The summed E-state index contributed by atoms with van der Waals surface area (Å²) in [6.07, 6.45) is 5.23. The van der Waals surface area contributed by atoms with Gasteiger partial charge in [0.1, 0.15) is 0 Å². The average Bonchev–Trinajstić information content (AvgIpc) is 1.62. The third kappa shape index (κ3) is 1.75. The van der Waals surface area contributed by atoms with Crippen LogP contribution in [0, 0.1) is 0 Å². The summed E-state index contributed by atoms with van der Waals surface area (Å²) in [6.45, 7) is 0. The summed E-state index contributed by atoms with van der Waals surface area (Å²) in [7, 11) is 0. The molecule has 1 aromatic heterocycles. The summed E-state index contributed by atoms with van der Waals surface area (Å²) < 4.78 is 2.92. The molecule has 8 heavy (non-hydrogen) atoms. The minimum Gasteiger partial charge on any atom is -0.317 e. The minimum atomic E-state index is 1.52. The van der Waals surface area contributed by atoms with Crippen molar-refractivity contribution < 1.29 is 0 Å². The Kier molecular flexibility index (Phi) is 2.13. The van der Waals surface area contributed by atoms with Gasteiger partial charge in [-0.3, -0.25) is 4.98 Å². The van der Waals surface area contributed by atoms with Crippen molar-refractivity contribution in [2.45, 2.75) is 0 Å². The first-order valence-corrected chi connectivity index (χ1v) is 3.12. The van der Waals surface area contributed by atoms with Gasteiger partial charge in [-0.05, 0) is 6.07 Å². The molecule has 0 unspecified atom stereocenters. The molecule has 0 saturated heterocycles. The van der Waals surface area contributed by atoms with Crippen LogP contribution in [0.25, 0.3) is 0 Å². The molecular formula is C5H6N2S. The highest BCUT2D eigenvalue weighted by Crippen LogP contribution is 1.80. The lowest BCUT2D eigenvalue weighted by Crippen LogP contribution is -1.59. The van der Waals surface area contributed by atoms with Gasteiger partial charge in [-0.25, -0.2) is 0 Å². The first-order valence-electron chi connectivity index (χ1n) is 2.24. The summed E-state index contributed by atoms with van der Waals surface area (Å²) in [4.78, 5) is 3.86. The maximum Gasteiger partial charge on any atom is 0.0436 e. The normalized spacial score (nSPS) is 8.00. The largest absolute Gasteiger partial charge is 0.317 e. The summed E-state index contributed by atoms with van der Waals surface area (Å²) in [5, 5.41) is 1.92. The Morgan fingerprint density at radius 2 is 2.38 bits per heavy atom. The SMILES string of the molecule is c1cncc[nH]sc1. The van der Waals surface area contributed by atoms with Crippen LogP contribution in [0.2, 0.25) is 0 Å². The molecule has 3 heteroatoms. The molecule has 0 aliphatic rings. The zero-order valence-electron chi connectivity index (χ0n) is 4.24. The van der Waals surface area contributed by atoms with E-state index in [0.29, 0.717) is 0 Å². The predicted octanol–water partition coefficient (Wildman–Crippen LogP) is 1.60. The van der Waals surface area contributed by atoms with Crippen molar-refractivity contribution in [2.75, 3.05) is 0 Å². The predicted molar refractivity (Wildman–Crippen MR) is 34.1 cm³/mol. The summed E-state index contributed by atoms with van der Waals surface area (Å²) in [5.74, 6) is 0. The van der Waals surface area contributed by atoms with Crippen LogP contribution in [0.4, 0.5) is 0 Å². The number of hydrogen-bond donors (Lipinski definition) is 1. The van der Waals surface area contributed by atoms with Crippen LogP contribution in [0.15, 0.2) is 30.0 Å². The van der Waals surface area contributed by atoms with Gasteiger partial charge in [0.25, 0.3) is 0 Å². The smallest absolute Gasteiger partial charge is 0.0436 e. The van der Waals surface area contributed by atoms with Crippen LogP contribution in [-0.2, 0) is 0 Å². The van der Waals surface area contributed by atoms with Crippen molar-refractivity contribution in [1.29, 1.82) is 0 Å². The Morgan fingerprint density at radius 1 is 1.38 bits per heavy atom. The Bertz CT molecular complexity index is 115. The first kappa shape index (κ1) is 5.31. The van der Waals surface area contributed by atoms with Gasteiger partial charge in [0, 0.05) is 24.0 Å². The van der Waals surface area contributed by atoms with Gasteiger partial charge < -0.3 is 4.37 Å². The van der Waals surface area contributed by atoms with Crippen LogP contribution in [-0.4, -0.2) is 9.36 Å². The van der Waals surface area contributed by atoms with E-state index >= 15 is 0 Å². The fourth-order valence-corrected chi connectivity index (χ4v) is 0.693. The molecule has 0 amide bonds. The molecule has 0 aliphatic heterocycles. The fourth-order valence-electron chi connectivity index (χ4n) is 0.326. The monoisotopic (exact) mass is 126 g/mol. The molecule has 0 fully saturated rings. The van der Waals surface area contributed by atoms with Crippen molar-refractivity contribution in [3.63, 3.8) is 0 Å². The summed E-state index contributed by atoms with van der Waals surface area (Å²) in [6, 6.07) is 1.88. The average molecular weight is 126 g/mol. The van der Waals surface area contributed by atoms with Crippen LogP contribution in [0.1, 0.15) is 0 Å². The van der Waals surface area contributed by atoms with Crippen molar-refractivity contribution in [2.24, 2.45) is 0 Å². The van der Waals surface area contributed by atoms with E-state index in [9.17, 15) is 0 Å². The van der Waals surface area contributed by atoms with Gasteiger partial charge in [0.15, 0.2) is 0 Å². The number of H-pyrrole nitrogens is 1. The summed E-state index contributed by atoms with van der Waals surface area (Å²) in [5.41, 5.74) is 0. The minimum absolute atomic E-state index is 1.52. The summed E-state index contributed by atoms with van der Waals surface area (Å²) >= 11 is 1.52. The zero-order chi connectivity index (χ0) is 5.66. The Morgan fingerprint density at radius 3 is 3.38 bits per heavy atom. The molecule has 42 valence electrons. The van der Waals surface area contributed by atoms with E-state index < -0.39 is 0 Å². The van der Waals surface area contributed by atoms with Crippen LogP contribution < -0.4 is 0 Å². The molecule has 1 aromatic rings. The Balaban J connectivity index is 3.00. The van der Waals surface area contributed by atoms with Crippen LogP contribution >= 0.6 is 11.5 Å². The highest BCUT2D eigenvalue weighted by atomic mass is 32.1. The van der Waals surface area contributed by atoms with Crippen molar-refractivity contribution in [3.05, 3.63) is 30.0 Å². The van der Waals surface area contributed by atoms with Crippen LogP contribution in [0.5, 0.6) is 0 Å². The van der Waals surface area contributed by atoms with Crippen LogP contribution in [0.3, 0.4) is 0 Å². The quantitative estimate of drug-likeness (QED) is 0.562. The number of nitrogens with one attached hydrogen (secondary N) is 1. The third-order valence-corrected chi connectivity index (χ3v) is 1.18. The number of nitrogens with zero attached hydrogens (tertiary/aromatic N) is 1. The number of aromatic nitrogens is 2. The molecule has 2 nitrogen and oxygen atoms in total. The molecule has 1 rings (SSSR count). The van der Waals surface area contributed by atoms with Gasteiger partial charge in [-0.15, -0.1) is 0 Å². The molecular weight excluding hydrogens is 120 g/mol. The molecule has 0 radical (unpaired) electrons. The van der Waals surface area contributed by atoms with Gasteiger partial charge in [0.2, 0.25) is 0 Å². The van der Waals surface area contributed by atoms with Gasteiger partial charge in [-0.2, -0.15) is 0 Å². The fraction of sp³-hybridized carbons (Fsp3) is 0. The Labute approximate surface area is 51.7 Å². The topological polar surface area (TPSA) is 28.7 Å². The lowest BCUT2D eigenvalue weighted by atomic mass is 10.8. The second-order valence-corrected chi connectivity index (χ2v) is 1.92. The van der Waals surface area contributed by atoms with E-state index in [2.05, 4.69) is 9.36 Å². The van der Waals surface area contributed by atoms with E-state index in [-0.39, 0.29) is 0 Å². The standard InChI is InChI=1S/C5H6N2S/c1-2-6-3-4-7-8-5-1/h1-5,7H. The van der Waals surface area contributed by atoms with Gasteiger partial charge in [-0.1, -0.05) is 11.5 Å². The maximum atomic E-state index is 3.86. The van der Waals surface area contributed by atoms with E-state index in [4.69, 9.17) is 0 Å².